The first kappa shape index (κ1) is 20.1. The second-order valence-electron chi connectivity index (χ2n) is 6.80. The molecule has 3 aromatic heterocycles. The summed E-state index contributed by atoms with van der Waals surface area (Å²) in [6.45, 7) is 2.62. The summed E-state index contributed by atoms with van der Waals surface area (Å²) >= 11 is 0. The maximum absolute atomic E-state index is 12.4. The second kappa shape index (κ2) is 8.66. The summed E-state index contributed by atoms with van der Waals surface area (Å²) in [5, 5.41) is 15.4. The van der Waals surface area contributed by atoms with Gasteiger partial charge in [0.15, 0.2) is 0 Å². The van der Waals surface area contributed by atoms with Gasteiger partial charge < -0.3 is 10.1 Å². The molecular weight excluding hydrogens is 398 g/mol. The van der Waals surface area contributed by atoms with Crippen molar-refractivity contribution < 1.29 is 9.53 Å². The zero-order valence-corrected chi connectivity index (χ0v) is 17.1. The molecule has 10 heteroatoms. The van der Waals surface area contributed by atoms with Crippen LogP contribution < -0.4 is 15.5 Å². The van der Waals surface area contributed by atoms with Gasteiger partial charge in [0.1, 0.15) is 23.7 Å². The Labute approximate surface area is 177 Å². The number of ether oxygens (including phenoxy) is 1. The molecule has 0 saturated carbocycles. The molecule has 0 saturated heterocycles. The number of nitrogens with one attached hydrogen (secondary N) is 1. The SMILES string of the molecule is CCn1cc(C(=O)Nc2cccc(OCc3nn(-c4cnn(C)c4)ccc3=O)c2)cn1. The third-order valence-electron chi connectivity index (χ3n) is 4.52. The number of anilines is 1. The summed E-state index contributed by atoms with van der Waals surface area (Å²) in [6.07, 6.45) is 8.23. The number of rotatable bonds is 7. The number of benzene rings is 1. The van der Waals surface area contributed by atoms with Crippen LogP contribution in [0.25, 0.3) is 5.69 Å². The molecule has 0 spiro atoms. The topological polar surface area (TPSA) is 109 Å². The van der Waals surface area contributed by atoms with Crippen molar-refractivity contribution in [1.29, 1.82) is 0 Å². The molecule has 0 radical (unpaired) electrons. The Morgan fingerprint density at radius 3 is 2.77 bits per heavy atom. The highest BCUT2D eigenvalue weighted by atomic mass is 16.5. The number of aryl methyl sites for hydroxylation is 2. The lowest BCUT2D eigenvalue weighted by Gasteiger charge is -2.09. The van der Waals surface area contributed by atoms with Crippen LogP contribution in [0.5, 0.6) is 5.75 Å². The van der Waals surface area contributed by atoms with Gasteiger partial charge in [-0.25, -0.2) is 4.68 Å². The Morgan fingerprint density at radius 1 is 1.16 bits per heavy atom. The zero-order chi connectivity index (χ0) is 21.8. The lowest BCUT2D eigenvalue weighted by molar-refractivity contribution is 0.102. The van der Waals surface area contributed by atoms with Gasteiger partial charge in [-0.3, -0.25) is 19.0 Å². The number of aromatic nitrogens is 6. The quantitative estimate of drug-likeness (QED) is 0.491. The average molecular weight is 419 g/mol. The third kappa shape index (κ3) is 4.69. The second-order valence-corrected chi connectivity index (χ2v) is 6.80. The van der Waals surface area contributed by atoms with Crippen LogP contribution in [0.1, 0.15) is 23.0 Å². The predicted molar refractivity (Wildman–Crippen MR) is 113 cm³/mol. The van der Waals surface area contributed by atoms with Crippen molar-refractivity contribution in [2.75, 3.05) is 5.32 Å². The Hall–Kier alpha value is -4.21. The van der Waals surface area contributed by atoms with Crippen molar-refractivity contribution in [2.45, 2.75) is 20.1 Å². The summed E-state index contributed by atoms with van der Waals surface area (Å²) in [7, 11) is 1.80. The average Bonchev–Trinajstić information content (AvgIpc) is 3.42. The molecule has 4 aromatic rings. The summed E-state index contributed by atoms with van der Waals surface area (Å²) < 4.78 is 10.7. The van der Waals surface area contributed by atoms with Crippen LogP contribution in [0, 0.1) is 0 Å². The van der Waals surface area contributed by atoms with Gasteiger partial charge in [0.05, 0.1) is 24.2 Å². The summed E-state index contributed by atoms with van der Waals surface area (Å²) in [6, 6.07) is 8.38. The van der Waals surface area contributed by atoms with Gasteiger partial charge >= 0.3 is 0 Å². The van der Waals surface area contributed by atoms with Gasteiger partial charge in [0.2, 0.25) is 5.43 Å². The van der Waals surface area contributed by atoms with E-state index in [1.54, 1.807) is 70.1 Å². The lowest BCUT2D eigenvalue weighted by Crippen LogP contribution is -2.17. The van der Waals surface area contributed by atoms with Gasteiger partial charge in [-0.05, 0) is 19.1 Å². The lowest BCUT2D eigenvalue weighted by atomic mass is 10.2. The minimum atomic E-state index is -0.263. The third-order valence-corrected chi connectivity index (χ3v) is 4.52. The summed E-state index contributed by atoms with van der Waals surface area (Å²) in [5.41, 5.74) is 1.81. The molecule has 4 rings (SSSR count). The van der Waals surface area contributed by atoms with E-state index in [1.807, 2.05) is 6.92 Å². The van der Waals surface area contributed by atoms with E-state index in [2.05, 4.69) is 20.6 Å². The number of carbonyl (C=O) groups excluding carboxylic acids is 1. The highest BCUT2D eigenvalue weighted by molar-refractivity contribution is 6.04. The largest absolute Gasteiger partial charge is 0.487 e. The van der Waals surface area contributed by atoms with E-state index >= 15 is 0 Å². The fourth-order valence-corrected chi connectivity index (χ4v) is 2.89. The molecule has 1 amide bonds. The fraction of sp³-hybridized carbons (Fsp3) is 0.190. The number of carbonyl (C=O) groups is 1. The maximum atomic E-state index is 12.4. The molecule has 158 valence electrons. The van der Waals surface area contributed by atoms with Crippen molar-refractivity contribution in [3.05, 3.63) is 82.8 Å². The molecule has 1 N–H and O–H groups in total. The first-order valence-corrected chi connectivity index (χ1v) is 9.66. The molecule has 0 bridgehead atoms. The van der Waals surface area contributed by atoms with Crippen LogP contribution in [0.4, 0.5) is 5.69 Å². The summed E-state index contributed by atoms with van der Waals surface area (Å²) in [4.78, 5) is 24.6. The van der Waals surface area contributed by atoms with E-state index in [4.69, 9.17) is 4.74 Å². The Kier molecular flexibility index (Phi) is 5.61. The van der Waals surface area contributed by atoms with Crippen LogP contribution in [-0.2, 0) is 20.2 Å². The van der Waals surface area contributed by atoms with Gasteiger partial charge in [-0.2, -0.15) is 15.3 Å². The molecule has 0 aliphatic rings. The van der Waals surface area contributed by atoms with Gasteiger partial charge in [-0.15, -0.1) is 0 Å². The van der Waals surface area contributed by atoms with Crippen LogP contribution in [0.3, 0.4) is 0 Å². The van der Waals surface area contributed by atoms with E-state index in [-0.39, 0.29) is 23.6 Å². The normalized spacial score (nSPS) is 10.8. The molecule has 0 aliphatic carbocycles. The van der Waals surface area contributed by atoms with Gasteiger partial charge in [0.25, 0.3) is 5.91 Å². The van der Waals surface area contributed by atoms with Gasteiger partial charge in [0, 0.05) is 43.8 Å². The molecule has 0 fully saturated rings. The first-order valence-electron chi connectivity index (χ1n) is 9.66. The Bertz CT molecular complexity index is 1270. The monoisotopic (exact) mass is 419 g/mol. The minimum Gasteiger partial charge on any atom is -0.487 e. The highest BCUT2D eigenvalue weighted by Gasteiger charge is 2.10. The molecule has 0 atom stereocenters. The van der Waals surface area contributed by atoms with Crippen LogP contribution in [0.2, 0.25) is 0 Å². The molecule has 10 nitrogen and oxygen atoms in total. The summed E-state index contributed by atoms with van der Waals surface area (Å²) in [5.74, 6) is 0.237. The van der Waals surface area contributed by atoms with E-state index in [0.717, 1.165) is 5.69 Å². The van der Waals surface area contributed by atoms with Crippen LogP contribution in [0.15, 0.2) is 66.1 Å². The number of nitrogens with zero attached hydrogens (tertiary/aromatic N) is 6. The maximum Gasteiger partial charge on any atom is 0.258 e. The van der Waals surface area contributed by atoms with Gasteiger partial charge in [-0.1, -0.05) is 6.07 Å². The predicted octanol–water partition coefficient (Wildman–Crippen LogP) is 2.01. The van der Waals surface area contributed by atoms with Crippen molar-refractivity contribution >= 4 is 11.6 Å². The van der Waals surface area contributed by atoms with Crippen molar-refractivity contribution in [3.8, 4) is 11.4 Å². The highest BCUT2D eigenvalue weighted by Crippen LogP contribution is 2.19. The van der Waals surface area contributed by atoms with Crippen molar-refractivity contribution in [2.24, 2.45) is 7.05 Å². The van der Waals surface area contributed by atoms with Crippen molar-refractivity contribution in [1.82, 2.24) is 29.3 Å². The number of hydrogen-bond donors (Lipinski definition) is 1. The molecule has 0 unspecified atom stereocenters. The minimum absolute atomic E-state index is 0.0133. The molecule has 3 heterocycles. The van der Waals surface area contributed by atoms with Crippen LogP contribution >= 0.6 is 0 Å². The molecular formula is C21H21N7O3. The molecule has 0 aliphatic heterocycles. The number of amides is 1. The van der Waals surface area contributed by atoms with E-state index < -0.39 is 0 Å². The first-order chi connectivity index (χ1) is 15.0. The Morgan fingerprint density at radius 2 is 2.03 bits per heavy atom. The smallest absolute Gasteiger partial charge is 0.258 e. The number of hydrogen-bond acceptors (Lipinski definition) is 6. The standard InChI is InChI=1S/C21H21N7O3/c1-3-27-12-15(10-23-27)21(30)24-16-5-4-6-18(9-16)31-14-19-20(29)7-8-28(25-19)17-11-22-26(2)13-17/h4-13H,3,14H2,1-2H3,(H,24,30). The van der Waals surface area contributed by atoms with E-state index in [0.29, 0.717) is 23.5 Å². The van der Waals surface area contributed by atoms with E-state index in [1.165, 1.54) is 12.3 Å². The molecule has 31 heavy (non-hydrogen) atoms. The molecule has 1 aromatic carbocycles. The van der Waals surface area contributed by atoms with Crippen molar-refractivity contribution in [3.63, 3.8) is 0 Å². The fourth-order valence-electron chi connectivity index (χ4n) is 2.89. The van der Waals surface area contributed by atoms with E-state index in [9.17, 15) is 9.59 Å². The van der Waals surface area contributed by atoms with Crippen LogP contribution in [-0.4, -0.2) is 35.2 Å². The zero-order valence-electron chi connectivity index (χ0n) is 17.1. The Balaban J connectivity index is 1.45.